The number of amides is 2. The third kappa shape index (κ3) is 4.28. The SMILES string of the molecule is O=C(Nc1cccnn1)N1CCC(C2CCOc3cc(C(F)(F)F)ccc32)CC1. The van der Waals surface area contributed by atoms with Gasteiger partial charge in [0.25, 0.3) is 0 Å². The van der Waals surface area contributed by atoms with Gasteiger partial charge in [-0.05, 0) is 60.9 Å². The third-order valence-corrected chi connectivity index (χ3v) is 5.63. The molecule has 0 saturated carbocycles. The van der Waals surface area contributed by atoms with Gasteiger partial charge in [0.05, 0.1) is 12.2 Å². The van der Waals surface area contributed by atoms with Gasteiger partial charge in [0.1, 0.15) is 5.75 Å². The van der Waals surface area contributed by atoms with Gasteiger partial charge < -0.3 is 9.64 Å². The third-order valence-electron chi connectivity index (χ3n) is 5.63. The van der Waals surface area contributed by atoms with Crippen LogP contribution >= 0.6 is 0 Å². The Labute approximate surface area is 166 Å². The maximum absolute atomic E-state index is 13.0. The van der Waals surface area contributed by atoms with Crippen LogP contribution in [0.5, 0.6) is 5.75 Å². The monoisotopic (exact) mass is 406 g/mol. The zero-order valence-electron chi connectivity index (χ0n) is 15.7. The average molecular weight is 406 g/mol. The second-order valence-corrected chi connectivity index (χ2v) is 7.36. The molecule has 2 aliphatic rings. The van der Waals surface area contributed by atoms with Crippen molar-refractivity contribution in [2.45, 2.75) is 31.4 Å². The van der Waals surface area contributed by atoms with Crippen LogP contribution in [0.1, 0.15) is 36.3 Å². The van der Waals surface area contributed by atoms with Crippen molar-refractivity contribution < 1.29 is 22.7 Å². The highest BCUT2D eigenvalue weighted by Crippen LogP contribution is 2.44. The van der Waals surface area contributed by atoms with E-state index in [0.717, 1.165) is 37.0 Å². The Morgan fingerprint density at radius 2 is 1.97 bits per heavy atom. The fraction of sp³-hybridized carbons (Fsp3) is 0.450. The van der Waals surface area contributed by atoms with E-state index >= 15 is 0 Å². The molecule has 2 aromatic rings. The first-order valence-electron chi connectivity index (χ1n) is 9.59. The molecule has 154 valence electrons. The number of carbonyl (C=O) groups is 1. The van der Waals surface area contributed by atoms with Gasteiger partial charge in [-0.3, -0.25) is 5.32 Å². The molecule has 6 nitrogen and oxygen atoms in total. The fourth-order valence-corrected chi connectivity index (χ4v) is 4.14. The number of hydrogen-bond donors (Lipinski definition) is 1. The van der Waals surface area contributed by atoms with Gasteiger partial charge >= 0.3 is 12.2 Å². The molecule has 1 unspecified atom stereocenters. The number of benzene rings is 1. The normalized spacial score (nSPS) is 20.0. The van der Waals surface area contributed by atoms with Crippen LogP contribution in [-0.2, 0) is 6.18 Å². The largest absolute Gasteiger partial charge is 0.493 e. The predicted molar refractivity (Wildman–Crippen MR) is 99.6 cm³/mol. The molecule has 29 heavy (non-hydrogen) atoms. The highest BCUT2D eigenvalue weighted by atomic mass is 19.4. The standard InChI is InChI=1S/C20H21F3N4O2/c21-20(22,23)14-3-4-16-15(7-11-29-17(16)12-14)13-5-9-27(10-6-13)19(28)25-18-2-1-8-24-26-18/h1-4,8,12-13,15H,5-7,9-11H2,(H,25,26,28). The molecule has 1 atom stereocenters. The van der Waals surface area contributed by atoms with E-state index in [4.69, 9.17) is 4.74 Å². The van der Waals surface area contributed by atoms with Gasteiger partial charge in [0.2, 0.25) is 0 Å². The molecular formula is C20H21F3N4O2. The summed E-state index contributed by atoms with van der Waals surface area (Å²) in [5, 5.41) is 10.3. The molecule has 2 aliphatic heterocycles. The summed E-state index contributed by atoms with van der Waals surface area (Å²) in [5.41, 5.74) is 0.152. The molecule has 0 spiro atoms. The van der Waals surface area contributed by atoms with Gasteiger partial charge in [-0.1, -0.05) is 6.07 Å². The van der Waals surface area contributed by atoms with Crippen LogP contribution in [0.15, 0.2) is 36.5 Å². The number of hydrogen-bond acceptors (Lipinski definition) is 4. The van der Waals surface area contributed by atoms with Crippen molar-refractivity contribution in [2.75, 3.05) is 25.0 Å². The van der Waals surface area contributed by atoms with E-state index in [-0.39, 0.29) is 11.9 Å². The Morgan fingerprint density at radius 3 is 2.66 bits per heavy atom. The Hall–Kier alpha value is -2.84. The Bertz CT molecular complexity index is 868. The van der Waals surface area contributed by atoms with Crippen LogP contribution in [0, 0.1) is 5.92 Å². The second-order valence-electron chi connectivity index (χ2n) is 7.36. The number of likely N-dealkylation sites (tertiary alicyclic amines) is 1. The van der Waals surface area contributed by atoms with Gasteiger partial charge in [0, 0.05) is 19.3 Å². The first-order chi connectivity index (χ1) is 13.9. The van der Waals surface area contributed by atoms with Crippen LogP contribution in [0.3, 0.4) is 0 Å². The van der Waals surface area contributed by atoms with E-state index in [1.54, 1.807) is 23.1 Å². The van der Waals surface area contributed by atoms with E-state index < -0.39 is 11.7 Å². The summed E-state index contributed by atoms with van der Waals surface area (Å²) in [6, 6.07) is 6.93. The van der Waals surface area contributed by atoms with E-state index in [0.29, 0.717) is 37.2 Å². The lowest BCUT2D eigenvalue weighted by atomic mass is 9.77. The van der Waals surface area contributed by atoms with Gasteiger partial charge in [0.15, 0.2) is 5.82 Å². The molecule has 1 aromatic carbocycles. The van der Waals surface area contributed by atoms with Crippen LogP contribution in [0.4, 0.5) is 23.8 Å². The summed E-state index contributed by atoms with van der Waals surface area (Å²) in [4.78, 5) is 14.1. The minimum atomic E-state index is -4.38. The summed E-state index contributed by atoms with van der Waals surface area (Å²) in [7, 11) is 0. The van der Waals surface area contributed by atoms with E-state index in [1.807, 2.05) is 0 Å². The van der Waals surface area contributed by atoms with Crippen molar-refractivity contribution in [3.63, 3.8) is 0 Å². The number of anilines is 1. The van der Waals surface area contributed by atoms with Crippen LogP contribution in [-0.4, -0.2) is 40.8 Å². The number of urea groups is 1. The lowest BCUT2D eigenvalue weighted by molar-refractivity contribution is -0.137. The molecule has 2 amide bonds. The number of nitrogens with zero attached hydrogens (tertiary/aromatic N) is 3. The highest BCUT2D eigenvalue weighted by molar-refractivity contribution is 5.88. The van der Waals surface area contributed by atoms with Crippen molar-refractivity contribution in [2.24, 2.45) is 5.92 Å². The molecule has 0 bridgehead atoms. The van der Waals surface area contributed by atoms with Crippen molar-refractivity contribution in [1.29, 1.82) is 0 Å². The number of halogens is 3. The van der Waals surface area contributed by atoms with E-state index in [1.165, 1.54) is 6.20 Å². The zero-order valence-corrected chi connectivity index (χ0v) is 15.7. The number of alkyl halides is 3. The summed E-state index contributed by atoms with van der Waals surface area (Å²) >= 11 is 0. The smallest absolute Gasteiger partial charge is 0.416 e. The first kappa shape index (κ1) is 19.5. The minimum Gasteiger partial charge on any atom is -0.493 e. The maximum atomic E-state index is 13.0. The summed E-state index contributed by atoms with van der Waals surface area (Å²) < 4.78 is 44.5. The zero-order chi connectivity index (χ0) is 20.4. The van der Waals surface area contributed by atoms with Crippen LogP contribution in [0.2, 0.25) is 0 Å². The van der Waals surface area contributed by atoms with Crippen molar-refractivity contribution in [3.05, 3.63) is 47.7 Å². The highest BCUT2D eigenvalue weighted by Gasteiger charge is 2.36. The quantitative estimate of drug-likeness (QED) is 0.807. The minimum absolute atomic E-state index is 0.145. The summed E-state index contributed by atoms with van der Waals surface area (Å²) in [6.45, 7) is 1.58. The number of carbonyl (C=O) groups excluding carboxylic acids is 1. The second kappa shape index (κ2) is 7.88. The average Bonchev–Trinajstić information content (AvgIpc) is 2.73. The molecule has 1 aromatic heterocycles. The predicted octanol–water partition coefficient (Wildman–Crippen LogP) is 4.31. The molecule has 0 aliphatic carbocycles. The van der Waals surface area contributed by atoms with Gasteiger partial charge in [-0.2, -0.15) is 18.3 Å². The Morgan fingerprint density at radius 1 is 1.17 bits per heavy atom. The Kier molecular flexibility index (Phi) is 5.29. The number of fused-ring (bicyclic) bond motifs is 1. The van der Waals surface area contributed by atoms with Crippen LogP contribution < -0.4 is 10.1 Å². The van der Waals surface area contributed by atoms with Gasteiger partial charge in [-0.25, -0.2) is 4.79 Å². The summed E-state index contributed by atoms with van der Waals surface area (Å²) in [5.74, 6) is 1.18. The number of piperidine rings is 1. The molecule has 1 saturated heterocycles. The number of ether oxygens (including phenoxy) is 1. The molecule has 1 N–H and O–H groups in total. The molecule has 4 rings (SSSR count). The van der Waals surface area contributed by atoms with Crippen molar-refractivity contribution in [3.8, 4) is 5.75 Å². The summed E-state index contributed by atoms with van der Waals surface area (Å²) in [6.07, 6.45) is -0.495. The topological polar surface area (TPSA) is 67.4 Å². The molecule has 0 radical (unpaired) electrons. The van der Waals surface area contributed by atoms with Crippen molar-refractivity contribution in [1.82, 2.24) is 15.1 Å². The number of nitrogens with one attached hydrogen (secondary N) is 1. The molecular weight excluding hydrogens is 385 g/mol. The molecule has 3 heterocycles. The van der Waals surface area contributed by atoms with E-state index in [9.17, 15) is 18.0 Å². The first-order valence-corrected chi connectivity index (χ1v) is 9.59. The lowest BCUT2D eigenvalue weighted by Gasteiger charge is -2.38. The number of rotatable bonds is 2. The maximum Gasteiger partial charge on any atom is 0.416 e. The molecule has 9 heteroatoms. The van der Waals surface area contributed by atoms with E-state index in [2.05, 4.69) is 15.5 Å². The van der Waals surface area contributed by atoms with Crippen LogP contribution in [0.25, 0.3) is 0 Å². The van der Waals surface area contributed by atoms with Gasteiger partial charge in [-0.15, -0.1) is 5.10 Å². The fourth-order valence-electron chi connectivity index (χ4n) is 4.14. The van der Waals surface area contributed by atoms with Crippen molar-refractivity contribution >= 4 is 11.8 Å². The lowest BCUT2D eigenvalue weighted by Crippen LogP contribution is -2.42. The Balaban J connectivity index is 1.40. The number of aromatic nitrogens is 2. The molecule has 1 fully saturated rings.